The van der Waals surface area contributed by atoms with Crippen LogP contribution in [0.4, 0.5) is 5.95 Å². The van der Waals surface area contributed by atoms with E-state index in [4.69, 9.17) is 13.9 Å². The number of hydrogen-bond donors (Lipinski definition) is 0. The van der Waals surface area contributed by atoms with Gasteiger partial charge in [0.25, 0.3) is 0 Å². The zero-order chi connectivity index (χ0) is 23.5. The van der Waals surface area contributed by atoms with Crippen molar-refractivity contribution in [1.29, 1.82) is 0 Å². The van der Waals surface area contributed by atoms with E-state index in [2.05, 4.69) is 43.7 Å². The molecular weight excluding hydrogens is 452 g/mol. The van der Waals surface area contributed by atoms with E-state index in [1.807, 2.05) is 24.3 Å². The molecule has 0 N–H and O–H groups in total. The van der Waals surface area contributed by atoms with Crippen molar-refractivity contribution in [2.24, 2.45) is 5.92 Å². The first-order chi connectivity index (χ1) is 16.6. The Kier molecular flexibility index (Phi) is 7.05. The summed E-state index contributed by atoms with van der Waals surface area (Å²) in [6.07, 6.45) is 4.75. The number of nitrogens with zero attached hydrogens (tertiary/aromatic N) is 6. The zero-order valence-electron chi connectivity index (χ0n) is 20.0. The second-order valence-electron chi connectivity index (χ2n) is 9.13. The summed E-state index contributed by atoms with van der Waals surface area (Å²) in [6.45, 7) is 8.01. The number of piperidine rings is 1. The highest BCUT2D eigenvalue weighted by atomic mass is 32.2. The molecule has 0 spiro atoms. The summed E-state index contributed by atoms with van der Waals surface area (Å²) >= 11 is 1.60. The van der Waals surface area contributed by atoms with Crippen LogP contribution in [0, 0.1) is 5.92 Å². The van der Waals surface area contributed by atoms with Crippen molar-refractivity contribution in [3.05, 3.63) is 30.2 Å². The second-order valence-corrected chi connectivity index (χ2v) is 10.4. The smallest absolute Gasteiger partial charge is 0.247 e. The third-order valence-corrected chi connectivity index (χ3v) is 7.65. The Bertz CT molecular complexity index is 1070. The number of aromatic nitrogens is 5. The summed E-state index contributed by atoms with van der Waals surface area (Å²) < 4.78 is 19.4. The van der Waals surface area contributed by atoms with Gasteiger partial charge in [-0.25, -0.2) is 0 Å². The standard InChI is InChI=1S/C24H32N6O3S/c1-16-10-12-29(13-11-16)23-27-28-24(30(23)15-20-5-4-14-32-20)34-17(2)21-25-26-22(33-21)18-6-8-19(31-3)9-7-18/h6-9,16-17,20H,4-5,10-15H2,1-3H3. The molecule has 4 heterocycles. The molecule has 0 bridgehead atoms. The fourth-order valence-corrected chi connectivity index (χ4v) is 5.30. The molecule has 2 fully saturated rings. The van der Waals surface area contributed by atoms with Gasteiger partial charge >= 0.3 is 0 Å². The van der Waals surface area contributed by atoms with Crippen LogP contribution in [0.3, 0.4) is 0 Å². The Labute approximate surface area is 204 Å². The van der Waals surface area contributed by atoms with Gasteiger partial charge in [0.1, 0.15) is 5.75 Å². The minimum atomic E-state index is -0.0684. The lowest BCUT2D eigenvalue weighted by atomic mass is 10.00. The summed E-state index contributed by atoms with van der Waals surface area (Å²) in [5.41, 5.74) is 0.861. The van der Waals surface area contributed by atoms with E-state index in [0.717, 1.165) is 67.4 Å². The van der Waals surface area contributed by atoms with Crippen molar-refractivity contribution in [3.63, 3.8) is 0 Å². The van der Waals surface area contributed by atoms with Crippen molar-refractivity contribution in [2.75, 3.05) is 31.7 Å². The Morgan fingerprint density at radius 1 is 1.09 bits per heavy atom. The predicted molar refractivity (Wildman–Crippen MR) is 130 cm³/mol. The maximum atomic E-state index is 6.01. The van der Waals surface area contributed by atoms with Gasteiger partial charge < -0.3 is 18.8 Å². The molecule has 9 nitrogen and oxygen atoms in total. The summed E-state index contributed by atoms with van der Waals surface area (Å²) in [6, 6.07) is 7.59. The maximum Gasteiger partial charge on any atom is 0.247 e. The van der Waals surface area contributed by atoms with Gasteiger partial charge in [0.15, 0.2) is 5.16 Å². The van der Waals surface area contributed by atoms with Crippen LogP contribution in [0.25, 0.3) is 11.5 Å². The van der Waals surface area contributed by atoms with Gasteiger partial charge in [0, 0.05) is 25.3 Å². The van der Waals surface area contributed by atoms with Crippen LogP contribution in [0.2, 0.25) is 0 Å². The minimum Gasteiger partial charge on any atom is -0.497 e. The zero-order valence-corrected chi connectivity index (χ0v) is 20.8. The normalized spacial score (nSPS) is 20.1. The molecule has 0 radical (unpaired) electrons. The molecule has 0 amide bonds. The number of anilines is 1. The quantitative estimate of drug-likeness (QED) is 0.425. The molecular formula is C24H32N6O3S. The van der Waals surface area contributed by atoms with Crippen molar-refractivity contribution < 1.29 is 13.9 Å². The Balaban J connectivity index is 1.34. The molecule has 5 rings (SSSR count). The highest BCUT2D eigenvalue weighted by Gasteiger charge is 2.28. The van der Waals surface area contributed by atoms with Crippen LogP contribution in [0.5, 0.6) is 5.75 Å². The van der Waals surface area contributed by atoms with Crippen LogP contribution in [0.15, 0.2) is 33.8 Å². The predicted octanol–water partition coefficient (Wildman–Crippen LogP) is 4.61. The van der Waals surface area contributed by atoms with Gasteiger partial charge in [-0.1, -0.05) is 18.7 Å². The lowest BCUT2D eigenvalue weighted by Gasteiger charge is -2.31. The summed E-state index contributed by atoms with van der Waals surface area (Å²) in [5.74, 6) is 3.56. The third-order valence-electron chi connectivity index (χ3n) is 6.58. The van der Waals surface area contributed by atoms with E-state index >= 15 is 0 Å². The maximum absolute atomic E-state index is 6.01. The average molecular weight is 485 g/mol. The van der Waals surface area contributed by atoms with Gasteiger partial charge in [0.05, 0.1) is 25.0 Å². The first-order valence-corrected chi connectivity index (χ1v) is 12.9. The molecule has 1 aromatic carbocycles. The van der Waals surface area contributed by atoms with Gasteiger partial charge in [-0.3, -0.25) is 4.57 Å². The van der Waals surface area contributed by atoms with Gasteiger partial charge in [-0.05, 0) is 62.8 Å². The second kappa shape index (κ2) is 10.4. The number of thioether (sulfide) groups is 1. The first kappa shape index (κ1) is 23.2. The van der Waals surface area contributed by atoms with E-state index in [1.54, 1.807) is 18.9 Å². The topological polar surface area (TPSA) is 91.3 Å². The van der Waals surface area contributed by atoms with Crippen LogP contribution >= 0.6 is 11.8 Å². The number of methoxy groups -OCH3 is 1. The molecule has 2 atom stereocenters. The van der Waals surface area contributed by atoms with Crippen molar-refractivity contribution in [2.45, 2.75) is 62.6 Å². The average Bonchev–Trinajstić information content (AvgIpc) is 3.62. The lowest BCUT2D eigenvalue weighted by Crippen LogP contribution is -2.35. The van der Waals surface area contributed by atoms with Crippen molar-refractivity contribution >= 4 is 17.7 Å². The molecule has 0 saturated carbocycles. The summed E-state index contributed by atoms with van der Waals surface area (Å²) in [7, 11) is 1.65. The molecule has 0 aliphatic carbocycles. The number of benzene rings is 1. The van der Waals surface area contributed by atoms with Crippen molar-refractivity contribution in [1.82, 2.24) is 25.0 Å². The Hall–Kier alpha value is -2.59. The molecule has 2 saturated heterocycles. The van der Waals surface area contributed by atoms with E-state index < -0.39 is 0 Å². The van der Waals surface area contributed by atoms with Crippen LogP contribution in [-0.2, 0) is 11.3 Å². The van der Waals surface area contributed by atoms with Crippen LogP contribution < -0.4 is 9.64 Å². The Morgan fingerprint density at radius 2 is 1.88 bits per heavy atom. The molecule has 2 aliphatic rings. The molecule has 10 heteroatoms. The monoisotopic (exact) mass is 484 g/mol. The third kappa shape index (κ3) is 5.07. The van der Waals surface area contributed by atoms with E-state index in [1.165, 1.54) is 12.8 Å². The van der Waals surface area contributed by atoms with Gasteiger partial charge in [0.2, 0.25) is 17.7 Å². The van der Waals surface area contributed by atoms with E-state index in [-0.39, 0.29) is 11.4 Å². The lowest BCUT2D eigenvalue weighted by molar-refractivity contribution is 0.0951. The number of rotatable bonds is 8. The Morgan fingerprint density at radius 3 is 2.59 bits per heavy atom. The van der Waals surface area contributed by atoms with Gasteiger partial charge in [-0.15, -0.1) is 20.4 Å². The largest absolute Gasteiger partial charge is 0.497 e. The minimum absolute atomic E-state index is 0.0684. The summed E-state index contributed by atoms with van der Waals surface area (Å²) in [5, 5.41) is 18.5. The number of ether oxygens (including phenoxy) is 2. The fraction of sp³-hybridized carbons (Fsp3) is 0.583. The van der Waals surface area contributed by atoms with E-state index in [0.29, 0.717) is 11.8 Å². The van der Waals surface area contributed by atoms with Crippen LogP contribution in [0.1, 0.15) is 50.7 Å². The molecule has 182 valence electrons. The highest BCUT2D eigenvalue weighted by Crippen LogP contribution is 2.37. The number of hydrogen-bond acceptors (Lipinski definition) is 9. The molecule has 34 heavy (non-hydrogen) atoms. The fourth-order valence-electron chi connectivity index (χ4n) is 4.42. The van der Waals surface area contributed by atoms with Crippen LogP contribution in [-0.4, -0.2) is 57.9 Å². The van der Waals surface area contributed by atoms with E-state index in [9.17, 15) is 0 Å². The molecule has 2 unspecified atom stereocenters. The molecule has 3 aromatic rings. The van der Waals surface area contributed by atoms with Gasteiger partial charge in [-0.2, -0.15) is 0 Å². The molecule has 2 aliphatic heterocycles. The highest BCUT2D eigenvalue weighted by molar-refractivity contribution is 7.99. The summed E-state index contributed by atoms with van der Waals surface area (Å²) in [4.78, 5) is 2.37. The van der Waals surface area contributed by atoms with Crippen molar-refractivity contribution in [3.8, 4) is 17.2 Å². The molecule has 2 aromatic heterocycles. The SMILES string of the molecule is COc1ccc(-c2nnc(C(C)Sc3nnc(N4CCC(C)CC4)n3CC3CCCO3)o2)cc1. The first-order valence-electron chi connectivity index (χ1n) is 12.0.